The Hall–Kier alpha value is -0.200. The lowest BCUT2D eigenvalue weighted by Crippen LogP contribution is -2.35. The smallest absolute Gasteiger partial charge is 0.222 e. The van der Waals surface area contributed by atoms with Crippen molar-refractivity contribution >= 4 is 54.9 Å². The lowest BCUT2D eigenvalue weighted by molar-refractivity contribution is -0.130. The van der Waals surface area contributed by atoms with E-state index >= 15 is 0 Å². The second-order valence-corrected chi connectivity index (χ2v) is 9.21. The Morgan fingerprint density at radius 3 is 2.81 bits per heavy atom. The van der Waals surface area contributed by atoms with E-state index in [1.807, 2.05) is 6.07 Å². The van der Waals surface area contributed by atoms with Crippen molar-refractivity contribution in [3.05, 3.63) is 19.2 Å². The van der Waals surface area contributed by atoms with Crippen molar-refractivity contribution in [2.24, 2.45) is 5.92 Å². The van der Waals surface area contributed by atoms with Gasteiger partial charge in [0.1, 0.15) is 0 Å². The summed E-state index contributed by atoms with van der Waals surface area (Å²) in [5.74, 6) is 0.750. The van der Waals surface area contributed by atoms with Gasteiger partial charge in [-0.25, -0.2) is 0 Å². The SMILES string of the molecule is CCCC1CCC(=O)N(CC(=O)c2cc(Br)sc2Br)CC1. The average Bonchev–Trinajstić information content (AvgIpc) is 2.68. The van der Waals surface area contributed by atoms with Gasteiger partial charge in [-0.15, -0.1) is 11.3 Å². The van der Waals surface area contributed by atoms with Crippen LogP contribution >= 0.6 is 43.2 Å². The van der Waals surface area contributed by atoms with E-state index in [4.69, 9.17) is 0 Å². The van der Waals surface area contributed by atoms with Crippen molar-refractivity contribution < 1.29 is 9.59 Å². The average molecular weight is 437 g/mol. The molecule has 116 valence electrons. The number of halogens is 2. The predicted octanol–water partition coefficient (Wildman–Crippen LogP) is 4.88. The van der Waals surface area contributed by atoms with E-state index in [9.17, 15) is 9.59 Å². The highest BCUT2D eigenvalue weighted by Crippen LogP contribution is 2.32. The molecule has 6 heteroatoms. The molecular formula is C15H19Br2NO2S. The van der Waals surface area contributed by atoms with Crippen LogP contribution in [0.2, 0.25) is 0 Å². The summed E-state index contributed by atoms with van der Waals surface area (Å²) in [6, 6.07) is 1.82. The molecule has 1 aromatic heterocycles. The highest BCUT2D eigenvalue weighted by molar-refractivity contribution is 9.12. The Balaban J connectivity index is 1.99. The number of ketones is 1. The zero-order valence-corrected chi connectivity index (χ0v) is 16.0. The molecule has 1 aliphatic rings. The highest BCUT2D eigenvalue weighted by atomic mass is 79.9. The molecule has 0 N–H and O–H groups in total. The van der Waals surface area contributed by atoms with E-state index in [2.05, 4.69) is 38.8 Å². The number of nitrogens with zero attached hydrogens (tertiary/aromatic N) is 1. The molecule has 0 bridgehead atoms. The quantitative estimate of drug-likeness (QED) is 0.616. The Bertz CT molecular complexity index is 530. The summed E-state index contributed by atoms with van der Waals surface area (Å²) in [7, 11) is 0. The lowest BCUT2D eigenvalue weighted by atomic mass is 9.96. The first-order valence-electron chi connectivity index (χ1n) is 7.27. The van der Waals surface area contributed by atoms with Gasteiger partial charge in [-0.2, -0.15) is 0 Å². The zero-order chi connectivity index (χ0) is 15.4. The van der Waals surface area contributed by atoms with Crippen molar-refractivity contribution in [2.75, 3.05) is 13.1 Å². The normalized spacial score (nSPS) is 19.7. The number of hydrogen-bond donors (Lipinski definition) is 0. The summed E-state index contributed by atoms with van der Waals surface area (Å²) in [5.41, 5.74) is 0.661. The summed E-state index contributed by atoms with van der Waals surface area (Å²) in [6.07, 6.45) is 4.89. The van der Waals surface area contributed by atoms with Crippen LogP contribution in [0, 0.1) is 5.92 Å². The third-order valence-corrected chi connectivity index (χ3v) is 6.25. The minimum absolute atomic E-state index is 0.00566. The van der Waals surface area contributed by atoms with Gasteiger partial charge in [0.05, 0.1) is 14.1 Å². The highest BCUT2D eigenvalue weighted by Gasteiger charge is 2.25. The number of hydrogen-bond acceptors (Lipinski definition) is 3. The molecule has 2 rings (SSSR count). The van der Waals surface area contributed by atoms with Crippen LogP contribution in [-0.2, 0) is 4.79 Å². The first-order valence-corrected chi connectivity index (χ1v) is 9.67. The van der Waals surface area contributed by atoms with Crippen molar-refractivity contribution in [2.45, 2.75) is 39.0 Å². The molecule has 0 radical (unpaired) electrons. The molecule has 0 aliphatic carbocycles. The van der Waals surface area contributed by atoms with Crippen LogP contribution in [0.1, 0.15) is 49.4 Å². The first-order chi connectivity index (χ1) is 10.0. The van der Waals surface area contributed by atoms with Crippen LogP contribution in [0.4, 0.5) is 0 Å². The fraction of sp³-hybridized carbons (Fsp3) is 0.600. The van der Waals surface area contributed by atoms with Gasteiger partial charge < -0.3 is 4.90 Å². The van der Waals surface area contributed by atoms with Crippen molar-refractivity contribution in [3.8, 4) is 0 Å². The summed E-state index contributed by atoms with van der Waals surface area (Å²) in [5, 5.41) is 0. The second-order valence-electron chi connectivity index (χ2n) is 5.46. The molecule has 1 atom stereocenters. The summed E-state index contributed by atoms with van der Waals surface area (Å²) in [6.45, 7) is 3.08. The second kappa shape index (κ2) is 7.88. The van der Waals surface area contributed by atoms with Gasteiger partial charge in [0.25, 0.3) is 0 Å². The number of rotatable bonds is 5. The van der Waals surface area contributed by atoms with Gasteiger partial charge in [0.15, 0.2) is 5.78 Å². The van der Waals surface area contributed by atoms with Crippen molar-refractivity contribution in [1.82, 2.24) is 4.90 Å². The molecular weight excluding hydrogens is 418 g/mol. The maximum absolute atomic E-state index is 12.4. The minimum Gasteiger partial charge on any atom is -0.335 e. The van der Waals surface area contributed by atoms with E-state index in [1.54, 1.807) is 4.90 Å². The number of carbonyl (C=O) groups excluding carboxylic acids is 2. The van der Waals surface area contributed by atoms with Crippen molar-refractivity contribution in [1.29, 1.82) is 0 Å². The molecule has 0 saturated carbocycles. The number of likely N-dealkylation sites (tertiary alicyclic amines) is 1. The molecule has 3 nitrogen and oxygen atoms in total. The summed E-state index contributed by atoms with van der Waals surface area (Å²) >= 11 is 8.27. The number of amides is 1. The predicted molar refractivity (Wildman–Crippen MR) is 92.9 cm³/mol. The summed E-state index contributed by atoms with van der Waals surface area (Å²) in [4.78, 5) is 26.3. The third-order valence-electron chi connectivity index (χ3n) is 3.91. The Kier molecular flexibility index (Phi) is 6.44. The number of carbonyl (C=O) groups is 2. The monoisotopic (exact) mass is 435 g/mol. The van der Waals surface area contributed by atoms with Gasteiger partial charge >= 0.3 is 0 Å². The van der Waals surface area contributed by atoms with E-state index in [0.717, 1.165) is 26.8 Å². The van der Waals surface area contributed by atoms with Gasteiger partial charge in [-0.05, 0) is 56.7 Å². The maximum atomic E-state index is 12.4. The van der Waals surface area contributed by atoms with E-state index in [1.165, 1.54) is 17.8 Å². The van der Waals surface area contributed by atoms with Crippen LogP contribution in [0.3, 0.4) is 0 Å². The first kappa shape index (κ1) is 17.2. The van der Waals surface area contributed by atoms with Gasteiger partial charge in [-0.3, -0.25) is 9.59 Å². The largest absolute Gasteiger partial charge is 0.335 e. The summed E-state index contributed by atoms with van der Waals surface area (Å²) < 4.78 is 1.74. The molecule has 1 fully saturated rings. The van der Waals surface area contributed by atoms with E-state index < -0.39 is 0 Å². The fourth-order valence-electron chi connectivity index (χ4n) is 2.75. The molecule has 1 saturated heterocycles. The van der Waals surface area contributed by atoms with Crippen LogP contribution in [0.5, 0.6) is 0 Å². The molecule has 0 spiro atoms. The number of thiophene rings is 1. The standard InChI is InChI=1S/C15H19Br2NO2S/c1-2-3-10-4-5-14(20)18(7-6-10)9-12(19)11-8-13(16)21-15(11)17/h8,10H,2-7,9H2,1H3. The zero-order valence-electron chi connectivity index (χ0n) is 12.0. The minimum atomic E-state index is 0.00566. The van der Waals surface area contributed by atoms with Gasteiger partial charge in [-0.1, -0.05) is 19.8 Å². The van der Waals surface area contributed by atoms with Gasteiger partial charge in [0, 0.05) is 18.5 Å². The Labute approximate surface area is 146 Å². The third kappa shape index (κ3) is 4.63. The molecule has 21 heavy (non-hydrogen) atoms. The van der Waals surface area contributed by atoms with Gasteiger partial charge in [0.2, 0.25) is 5.91 Å². The molecule has 1 amide bonds. The topological polar surface area (TPSA) is 37.4 Å². The molecule has 0 aromatic carbocycles. The Morgan fingerprint density at radius 1 is 1.43 bits per heavy atom. The maximum Gasteiger partial charge on any atom is 0.222 e. The van der Waals surface area contributed by atoms with Crippen LogP contribution in [0.25, 0.3) is 0 Å². The molecule has 1 aliphatic heterocycles. The van der Waals surface area contributed by atoms with E-state index in [-0.39, 0.29) is 18.2 Å². The van der Waals surface area contributed by atoms with Crippen LogP contribution in [-0.4, -0.2) is 29.7 Å². The van der Waals surface area contributed by atoms with Crippen molar-refractivity contribution in [3.63, 3.8) is 0 Å². The number of Topliss-reactive ketones (excluding diaryl/α,β-unsaturated/α-hetero) is 1. The van der Waals surface area contributed by atoms with E-state index in [0.29, 0.717) is 24.4 Å². The fourth-order valence-corrected chi connectivity index (χ4v) is 5.60. The Morgan fingerprint density at radius 2 is 2.19 bits per heavy atom. The van der Waals surface area contributed by atoms with Crippen LogP contribution in [0.15, 0.2) is 13.6 Å². The lowest BCUT2D eigenvalue weighted by Gasteiger charge is -2.20. The van der Waals surface area contributed by atoms with Crippen LogP contribution < -0.4 is 0 Å². The molecule has 1 aromatic rings. The molecule has 2 heterocycles. The molecule has 1 unspecified atom stereocenters.